The third-order valence-electron chi connectivity index (χ3n) is 9.30. The molecule has 18 nitrogen and oxygen atoms in total. The lowest BCUT2D eigenvalue weighted by molar-refractivity contribution is -0.520. The van der Waals surface area contributed by atoms with Crippen LogP contribution in [0, 0.1) is 0 Å². The average molecular weight is 609 g/mol. The molecule has 3 heterocycles. The fourth-order valence-electron chi connectivity index (χ4n) is 6.83. The summed E-state index contributed by atoms with van der Waals surface area (Å²) >= 11 is 0. The first-order valence-electron chi connectivity index (χ1n) is 14.1. The van der Waals surface area contributed by atoms with Crippen LogP contribution in [0.25, 0.3) is 0 Å². The molecule has 0 bridgehead atoms. The van der Waals surface area contributed by atoms with Crippen molar-refractivity contribution < 1.29 is 59.1 Å². The van der Waals surface area contributed by atoms with Crippen LogP contribution in [0.15, 0.2) is 0 Å². The van der Waals surface area contributed by atoms with Crippen molar-refractivity contribution in [3.8, 4) is 0 Å². The Morgan fingerprint density at radius 2 is 1.67 bits per heavy atom. The summed E-state index contributed by atoms with van der Waals surface area (Å²) in [4.78, 5) is 12.0. The zero-order valence-electron chi connectivity index (χ0n) is 23.4. The molecule has 0 aromatic rings. The van der Waals surface area contributed by atoms with Crippen molar-refractivity contribution in [2.75, 3.05) is 27.2 Å². The highest BCUT2D eigenvalue weighted by Crippen LogP contribution is 2.58. The molecule has 17 atom stereocenters. The van der Waals surface area contributed by atoms with Crippen LogP contribution in [-0.2, 0) is 28.5 Å². The molecule has 5 fully saturated rings. The van der Waals surface area contributed by atoms with Gasteiger partial charge in [0, 0.05) is 12.1 Å². The molecule has 10 unspecified atom stereocenters. The molecule has 0 aromatic heterocycles. The Hall–Kier alpha value is -1.17. The smallest absolute Gasteiger partial charge is 0.234 e. The van der Waals surface area contributed by atoms with Gasteiger partial charge in [0.25, 0.3) is 0 Å². The van der Waals surface area contributed by atoms with Gasteiger partial charge in [-0.15, -0.1) is 0 Å². The first kappa shape index (κ1) is 32.2. The van der Waals surface area contributed by atoms with Crippen LogP contribution in [0.3, 0.4) is 0 Å². The molecule has 0 radical (unpaired) electrons. The molecule has 18 heteroatoms. The highest BCUT2D eigenvalue weighted by atomic mass is 16.8. The van der Waals surface area contributed by atoms with Crippen molar-refractivity contribution in [2.24, 2.45) is 17.2 Å². The minimum Gasteiger partial charge on any atom is -0.393 e. The number of nitrogens with one attached hydrogen (secondary N) is 3. The second kappa shape index (κ2) is 12.0. The van der Waals surface area contributed by atoms with E-state index in [4.69, 9.17) is 40.9 Å². The summed E-state index contributed by atoms with van der Waals surface area (Å²) < 4.78 is 29.6. The van der Waals surface area contributed by atoms with E-state index in [1.807, 2.05) is 0 Å². The average Bonchev–Trinajstić information content (AvgIpc) is 2.95. The largest absolute Gasteiger partial charge is 0.393 e. The number of nitrogens with two attached hydrogens (primary N) is 3. The predicted octanol–water partition coefficient (Wildman–Crippen LogP) is -7.82. The second-order valence-electron chi connectivity index (χ2n) is 11.8. The van der Waals surface area contributed by atoms with Gasteiger partial charge in [0.1, 0.15) is 30.5 Å². The number of likely N-dealkylation sites (N-methyl/N-ethyl adjacent to an activating group) is 2. The number of fused-ring (bicyclic) bond motifs is 2. The van der Waals surface area contributed by atoms with Gasteiger partial charge < -0.3 is 87.5 Å². The number of rotatable bonds is 9. The summed E-state index contributed by atoms with van der Waals surface area (Å²) in [5.41, 5.74) is 14.5. The van der Waals surface area contributed by atoms with E-state index < -0.39 is 116 Å². The van der Waals surface area contributed by atoms with E-state index in [0.29, 0.717) is 0 Å². The summed E-state index contributed by atoms with van der Waals surface area (Å²) in [6, 6.07) is -4.22. The van der Waals surface area contributed by atoms with Crippen molar-refractivity contribution in [3.63, 3.8) is 0 Å². The van der Waals surface area contributed by atoms with Gasteiger partial charge in [-0.05, 0) is 26.9 Å². The summed E-state index contributed by atoms with van der Waals surface area (Å²) in [6.45, 7) is -0.769. The summed E-state index contributed by atoms with van der Waals surface area (Å²) in [7, 11) is 3.11. The standard InChI is InChI=1S/C24H44N6O12/c1-28-5-11(32)30-18-19(36)24(37)22(42-23(18,24)6-31)41-21-12(29-2)14(34)17-10(38-21)4-9(27)20(40-17)39-16-8(26)3-7(25)13(33)15(16)35/h7-10,12-22,28-29,31,33-37H,3-6,25-27H2,1-2H3,(H,30,32)/t7-,8?,9?,10+,12?,13?,14?,15-,16-,17?,18+,19?,20+,21?,22+,23?,24?/m1/s1. The molecular weight excluding hydrogens is 564 g/mol. The maximum atomic E-state index is 12.0. The number of ether oxygens (including phenoxy) is 5. The Morgan fingerprint density at radius 1 is 0.952 bits per heavy atom. The van der Waals surface area contributed by atoms with E-state index in [1.54, 1.807) is 14.1 Å². The van der Waals surface area contributed by atoms with Gasteiger partial charge in [-0.25, -0.2) is 0 Å². The number of hydrogen-bond donors (Lipinski definition) is 12. The lowest BCUT2D eigenvalue weighted by atomic mass is 9.54. The monoisotopic (exact) mass is 608 g/mol. The fourth-order valence-corrected chi connectivity index (χ4v) is 6.83. The lowest BCUT2D eigenvalue weighted by Crippen LogP contribution is -2.98. The van der Waals surface area contributed by atoms with Gasteiger partial charge in [-0.2, -0.15) is 0 Å². The van der Waals surface area contributed by atoms with E-state index >= 15 is 0 Å². The van der Waals surface area contributed by atoms with Crippen LogP contribution in [0.1, 0.15) is 12.8 Å². The summed E-state index contributed by atoms with van der Waals surface area (Å²) in [6.07, 6.45) is -11.6. The van der Waals surface area contributed by atoms with Crippen molar-refractivity contribution >= 4 is 5.91 Å². The summed E-state index contributed by atoms with van der Waals surface area (Å²) in [5, 5.41) is 72.0. The van der Waals surface area contributed by atoms with E-state index in [2.05, 4.69) is 16.0 Å². The SMILES string of the molecule is CNCC(=O)N[C@H]1C(O)C2(O)[C@@H](OC3O[C@H]4CC(N)[C@@H](O[C@@H]5C(N)C[C@@H](N)C(O)[C@H]5O)OC4C(O)C3NC)OC12CO. The predicted molar refractivity (Wildman–Crippen MR) is 139 cm³/mol. The normalized spacial score (nSPS) is 53.7. The molecule has 2 saturated carbocycles. The van der Waals surface area contributed by atoms with Crippen LogP contribution < -0.4 is 33.2 Å². The minimum absolute atomic E-state index is 0.0520. The van der Waals surface area contributed by atoms with Crippen molar-refractivity contribution in [1.82, 2.24) is 16.0 Å². The van der Waals surface area contributed by atoms with Crippen LogP contribution >= 0.6 is 0 Å². The molecule has 5 aliphatic rings. The van der Waals surface area contributed by atoms with Crippen LogP contribution in [0.4, 0.5) is 0 Å². The highest BCUT2D eigenvalue weighted by Gasteiger charge is 2.85. The molecule has 3 saturated heterocycles. The van der Waals surface area contributed by atoms with Crippen LogP contribution in [0.2, 0.25) is 0 Å². The van der Waals surface area contributed by atoms with Gasteiger partial charge in [-0.3, -0.25) is 4.79 Å². The third-order valence-corrected chi connectivity index (χ3v) is 9.30. The van der Waals surface area contributed by atoms with Gasteiger partial charge in [-0.1, -0.05) is 0 Å². The van der Waals surface area contributed by atoms with Gasteiger partial charge in [0.2, 0.25) is 5.91 Å². The molecular formula is C24H44N6O12. The lowest BCUT2D eigenvalue weighted by Gasteiger charge is -2.72. The molecule has 3 aliphatic heterocycles. The number of hydrogen-bond acceptors (Lipinski definition) is 17. The quantitative estimate of drug-likeness (QED) is 0.116. The first-order valence-corrected chi connectivity index (χ1v) is 14.1. The Kier molecular flexibility index (Phi) is 9.19. The van der Waals surface area contributed by atoms with E-state index in [1.165, 1.54) is 0 Å². The zero-order chi connectivity index (χ0) is 30.7. The third kappa shape index (κ3) is 4.87. The van der Waals surface area contributed by atoms with E-state index in [-0.39, 0.29) is 19.4 Å². The number of carbonyl (C=O) groups excluding carboxylic acids is 1. The second-order valence-corrected chi connectivity index (χ2v) is 11.8. The number of aliphatic hydroxyl groups is 6. The minimum atomic E-state index is -2.08. The molecule has 42 heavy (non-hydrogen) atoms. The molecule has 0 spiro atoms. The Morgan fingerprint density at radius 3 is 2.31 bits per heavy atom. The molecule has 0 aromatic carbocycles. The maximum absolute atomic E-state index is 12.0. The molecule has 5 rings (SSSR count). The Bertz CT molecular complexity index is 986. The number of aliphatic hydroxyl groups excluding tert-OH is 5. The molecule has 15 N–H and O–H groups in total. The van der Waals surface area contributed by atoms with Crippen molar-refractivity contribution in [2.45, 2.75) is 116 Å². The van der Waals surface area contributed by atoms with Gasteiger partial charge >= 0.3 is 0 Å². The first-order chi connectivity index (χ1) is 19.8. The topological polar surface area (TPSA) is 299 Å². The van der Waals surface area contributed by atoms with Crippen LogP contribution in [0.5, 0.6) is 0 Å². The number of amides is 1. The number of carbonyl (C=O) groups is 1. The molecule has 242 valence electrons. The highest BCUT2D eigenvalue weighted by molar-refractivity contribution is 5.79. The van der Waals surface area contributed by atoms with Gasteiger partial charge in [0.05, 0.1) is 43.5 Å². The van der Waals surface area contributed by atoms with E-state index in [0.717, 1.165) is 0 Å². The fraction of sp³-hybridized carbons (Fsp3) is 0.958. The van der Waals surface area contributed by atoms with Gasteiger partial charge in [0.15, 0.2) is 30.1 Å². The Balaban J connectivity index is 1.24. The zero-order valence-corrected chi connectivity index (χ0v) is 23.4. The van der Waals surface area contributed by atoms with Crippen LogP contribution in [-0.4, -0.2) is 167 Å². The maximum Gasteiger partial charge on any atom is 0.234 e. The molecule has 1 amide bonds. The van der Waals surface area contributed by atoms with Crippen molar-refractivity contribution in [3.05, 3.63) is 0 Å². The molecule has 2 aliphatic carbocycles. The summed E-state index contributed by atoms with van der Waals surface area (Å²) in [5.74, 6) is -0.472. The van der Waals surface area contributed by atoms with Crippen molar-refractivity contribution in [1.29, 1.82) is 0 Å². The Labute approximate surface area is 241 Å². The van der Waals surface area contributed by atoms with E-state index in [9.17, 15) is 35.4 Å².